The summed E-state index contributed by atoms with van der Waals surface area (Å²) in [5.74, 6) is -0.00775. The molecule has 3 fully saturated rings. The molecule has 0 spiro atoms. The largest absolute Gasteiger partial charge is 0.445 e. The van der Waals surface area contributed by atoms with E-state index in [4.69, 9.17) is 9.47 Å². The Balaban J connectivity index is 1.02. The molecule has 0 bridgehead atoms. The van der Waals surface area contributed by atoms with Gasteiger partial charge < -0.3 is 14.4 Å². The second-order valence-electron chi connectivity index (χ2n) is 10.8. The number of nitrogens with zero attached hydrogens (tertiary/aromatic N) is 3. The Hall–Kier alpha value is -3.92. The Bertz CT molecular complexity index is 1470. The number of benzene rings is 2. The van der Waals surface area contributed by atoms with Gasteiger partial charge in [0.2, 0.25) is 11.8 Å². The first-order valence-electron chi connectivity index (χ1n) is 13.5. The highest BCUT2D eigenvalue weighted by molar-refractivity contribution is 6.00. The molecule has 1 N–H and O–H groups in total. The van der Waals surface area contributed by atoms with Crippen molar-refractivity contribution in [3.8, 4) is 0 Å². The van der Waals surface area contributed by atoms with Crippen LogP contribution in [0.25, 0.3) is 11.0 Å². The third kappa shape index (κ3) is 4.85. The van der Waals surface area contributed by atoms with Crippen LogP contribution in [0.5, 0.6) is 0 Å². The number of imidazole rings is 1. The van der Waals surface area contributed by atoms with E-state index in [1.807, 2.05) is 42.5 Å². The number of fused-ring (bicyclic) bond motifs is 1. The molecule has 0 radical (unpaired) electrons. The van der Waals surface area contributed by atoms with Crippen LogP contribution in [0, 0.1) is 5.92 Å². The molecule has 1 atom stereocenters. The number of hydrogen-bond donors (Lipinski definition) is 1. The zero-order valence-corrected chi connectivity index (χ0v) is 21.9. The average Bonchev–Trinajstić information content (AvgIpc) is 3.13. The molecule has 10 nitrogen and oxygen atoms in total. The summed E-state index contributed by atoms with van der Waals surface area (Å²) in [7, 11) is 1.74. The molecule has 1 aromatic heterocycles. The Labute approximate surface area is 225 Å². The average molecular weight is 533 g/mol. The van der Waals surface area contributed by atoms with E-state index in [2.05, 4.69) is 11.4 Å². The summed E-state index contributed by atoms with van der Waals surface area (Å²) in [5, 5.41) is 2.36. The molecule has 2 saturated heterocycles. The first-order valence-corrected chi connectivity index (χ1v) is 13.5. The van der Waals surface area contributed by atoms with Crippen LogP contribution in [0.4, 0.5) is 4.79 Å². The quantitative estimate of drug-likeness (QED) is 0.469. The first-order chi connectivity index (χ1) is 18.9. The summed E-state index contributed by atoms with van der Waals surface area (Å²) in [5.41, 5.74) is 3.39. The van der Waals surface area contributed by atoms with Crippen LogP contribution in [-0.2, 0) is 32.7 Å². The van der Waals surface area contributed by atoms with Gasteiger partial charge in [-0.2, -0.15) is 0 Å². The highest BCUT2D eigenvalue weighted by Gasteiger charge is 2.37. The molecular weight excluding hydrogens is 500 g/mol. The minimum Gasteiger partial charge on any atom is -0.445 e. The van der Waals surface area contributed by atoms with Gasteiger partial charge in [0, 0.05) is 20.1 Å². The predicted octanol–water partition coefficient (Wildman–Crippen LogP) is 2.85. The number of piperidine rings is 1. The zero-order valence-electron chi connectivity index (χ0n) is 21.9. The van der Waals surface area contributed by atoms with E-state index in [0.717, 1.165) is 35.0 Å². The van der Waals surface area contributed by atoms with Gasteiger partial charge in [0.05, 0.1) is 30.2 Å². The van der Waals surface area contributed by atoms with Gasteiger partial charge in [-0.3, -0.25) is 24.0 Å². The Kier molecular flexibility index (Phi) is 6.72. The van der Waals surface area contributed by atoms with E-state index in [9.17, 15) is 19.2 Å². The van der Waals surface area contributed by atoms with Crippen LogP contribution in [0.15, 0.2) is 53.3 Å². The number of carbonyl (C=O) groups excluding carboxylic acids is 3. The summed E-state index contributed by atoms with van der Waals surface area (Å²) in [6.45, 7) is 1.98. The molecule has 10 heteroatoms. The molecule has 3 amide bonds. The van der Waals surface area contributed by atoms with E-state index >= 15 is 0 Å². The van der Waals surface area contributed by atoms with Crippen molar-refractivity contribution in [1.82, 2.24) is 19.4 Å². The minimum absolute atomic E-state index is 0.0279. The molecule has 2 aromatic carbocycles. The third-order valence-corrected chi connectivity index (χ3v) is 8.21. The lowest BCUT2D eigenvalue weighted by molar-refractivity contribution is -0.135. The number of aromatic nitrogens is 2. The normalized spacial score (nSPS) is 23.3. The summed E-state index contributed by atoms with van der Waals surface area (Å²) in [6, 6.07) is 14.8. The molecule has 1 saturated carbocycles. The fourth-order valence-corrected chi connectivity index (χ4v) is 5.93. The van der Waals surface area contributed by atoms with Gasteiger partial charge in [-0.1, -0.05) is 42.5 Å². The van der Waals surface area contributed by atoms with Crippen molar-refractivity contribution in [2.24, 2.45) is 13.0 Å². The second-order valence-corrected chi connectivity index (χ2v) is 10.8. The number of para-hydroxylation sites is 1. The van der Waals surface area contributed by atoms with Gasteiger partial charge in [0.1, 0.15) is 12.6 Å². The fraction of sp³-hybridized carbons (Fsp3) is 0.448. The van der Waals surface area contributed by atoms with E-state index in [0.29, 0.717) is 38.0 Å². The highest BCUT2D eigenvalue weighted by Crippen LogP contribution is 2.44. The lowest BCUT2D eigenvalue weighted by Crippen LogP contribution is -2.55. The van der Waals surface area contributed by atoms with Crippen LogP contribution < -0.4 is 11.0 Å². The van der Waals surface area contributed by atoms with Gasteiger partial charge in [-0.05, 0) is 48.3 Å². The molecule has 3 heterocycles. The van der Waals surface area contributed by atoms with Gasteiger partial charge in [0.15, 0.2) is 0 Å². The summed E-state index contributed by atoms with van der Waals surface area (Å²) >= 11 is 0. The molecule has 39 heavy (non-hydrogen) atoms. The van der Waals surface area contributed by atoms with Gasteiger partial charge in [-0.15, -0.1) is 0 Å². The molecule has 1 aliphatic carbocycles. The SMILES string of the molecule is Cn1c(=O)n(C2CCC(=O)NC2=O)c2cccc(C3CC(COC4CN(C(=O)OCc5ccccc5)C4)C3)c21. The van der Waals surface area contributed by atoms with Crippen molar-refractivity contribution < 1.29 is 23.9 Å². The Morgan fingerprint density at radius 1 is 1.03 bits per heavy atom. The number of aryl methyl sites for hydroxylation is 1. The standard InChI is InChI=1S/C29H32N4O6/c1-31-26-22(8-5-9-23(26)33(28(31)36)24-10-11-25(34)30-27(24)35)20-12-19(13-20)17-38-21-14-32(15-21)29(37)39-16-18-6-3-2-4-7-18/h2-9,19-21,24H,10-17H2,1H3,(H,30,34,35). The maximum absolute atomic E-state index is 13.2. The van der Waals surface area contributed by atoms with Crippen molar-refractivity contribution in [2.75, 3.05) is 19.7 Å². The summed E-state index contributed by atoms with van der Waals surface area (Å²) in [6.07, 6.45) is 2.15. The number of imide groups is 1. The Morgan fingerprint density at radius 3 is 2.54 bits per heavy atom. The molecular formula is C29H32N4O6. The Morgan fingerprint density at radius 2 is 1.79 bits per heavy atom. The van der Waals surface area contributed by atoms with Crippen molar-refractivity contribution in [3.63, 3.8) is 0 Å². The molecule has 6 rings (SSSR count). The van der Waals surface area contributed by atoms with E-state index < -0.39 is 11.9 Å². The monoisotopic (exact) mass is 532 g/mol. The number of nitrogens with one attached hydrogen (secondary N) is 1. The fourth-order valence-electron chi connectivity index (χ4n) is 5.93. The summed E-state index contributed by atoms with van der Waals surface area (Å²) < 4.78 is 14.6. The van der Waals surface area contributed by atoms with Crippen LogP contribution in [0.2, 0.25) is 0 Å². The highest BCUT2D eigenvalue weighted by atomic mass is 16.6. The molecule has 204 valence electrons. The maximum Gasteiger partial charge on any atom is 0.410 e. The lowest BCUT2D eigenvalue weighted by Gasteiger charge is -2.41. The molecule has 3 aliphatic rings. The van der Waals surface area contributed by atoms with Crippen molar-refractivity contribution in [2.45, 2.75) is 50.4 Å². The topological polar surface area (TPSA) is 112 Å². The zero-order chi connectivity index (χ0) is 27.1. The van der Waals surface area contributed by atoms with Crippen LogP contribution in [0.1, 0.15) is 48.8 Å². The maximum atomic E-state index is 13.2. The van der Waals surface area contributed by atoms with Crippen LogP contribution in [0.3, 0.4) is 0 Å². The third-order valence-electron chi connectivity index (χ3n) is 8.21. The number of ether oxygens (including phenoxy) is 2. The van der Waals surface area contributed by atoms with Gasteiger partial charge in [-0.25, -0.2) is 9.59 Å². The van der Waals surface area contributed by atoms with E-state index in [1.54, 1.807) is 16.5 Å². The van der Waals surface area contributed by atoms with E-state index in [1.165, 1.54) is 4.57 Å². The van der Waals surface area contributed by atoms with Gasteiger partial charge in [0.25, 0.3) is 0 Å². The van der Waals surface area contributed by atoms with Crippen LogP contribution in [-0.4, -0.2) is 57.7 Å². The molecule has 1 unspecified atom stereocenters. The van der Waals surface area contributed by atoms with Crippen LogP contribution >= 0.6 is 0 Å². The van der Waals surface area contributed by atoms with Crippen molar-refractivity contribution in [1.29, 1.82) is 0 Å². The lowest BCUT2D eigenvalue weighted by atomic mass is 9.71. The number of hydrogen-bond acceptors (Lipinski definition) is 6. The predicted molar refractivity (Wildman–Crippen MR) is 142 cm³/mol. The molecule has 3 aromatic rings. The van der Waals surface area contributed by atoms with Gasteiger partial charge >= 0.3 is 11.8 Å². The number of likely N-dealkylation sites (tertiary alicyclic amines) is 1. The smallest absolute Gasteiger partial charge is 0.410 e. The minimum atomic E-state index is -0.686. The first kappa shape index (κ1) is 25.4. The number of carbonyl (C=O) groups is 3. The summed E-state index contributed by atoms with van der Waals surface area (Å²) in [4.78, 5) is 51.2. The molecule has 2 aliphatic heterocycles. The van der Waals surface area contributed by atoms with Crippen molar-refractivity contribution in [3.05, 3.63) is 70.1 Å². The number of rotatable bonds is 7. The number of amides is 3. The van der Waals surface area contributed by atoms with E-state index in [-0.39, 0.29) is 36.8 Å². The van der Waals surface area contributed by atoms with Crippen molar-refractivity contribution >= 4 is 28.9 Å². The second kappa shape index (κ2) is 10.3.